The molecule has 0 fully saturated rings. The quantitative estimate of drug-likeness (QED) is 0.399. The molecule has 0 aromatic heterocycles. The molecule has 128 valence electrons. The maximum atomic E-state index is 5.54. The van der Waals surface area contributed by atoms with Crippen LogP contribution < -0.4 is 0 Å². The van der Waals surface area contributed by atoms with Crippen molar-refractivity contribution < 1.29 is 18.9 Å². The first-order valence-corrected chi connectivity index (χ1v) is 8.08. The Morgan fingerprint density at radius 1 is 0.636 bits per heavy atom. The number of allylic oxidation sites excluding steroid dienone is 4. The van der Waals surface area contributed by atoms with Gasteiger partial charge in [0.25, 0.3) is 0 Å². The van der Waals surface area contributed by atoms with Crippen LogP contribution in [0.1, 0.15) is 41.5 Å². The maximum Gasteiger partial charge on any atom is 0.179 e. The molecule has 0 atom stereocenters. The Hall–Kier alpha value is -0.940. The van der Waals surface area contributed by atoms with Crippen molar-refractivity contribution in [1.82, 2.24) is 0 Å². The zero-order valence-electron chi connectivity index (χ0n) is 14.9. The number of ether oxygens (including phenoxy) is 4. The summed E-state index contributed by atoms with van der Waals surface area (Å²) in [5, 5.41) is 0. The standard InChI is InChI=1S/C18H32O4/c1-7-19-17(20-8-2)15(5)13-11-12-14-16(6)18(21-9-3)22-10-4/h11-14,17-18H,7-10H2,1-6H3/b12-11-,15-13+,16-14+. The van der Waals surface area contributed by atoms with Crippen LogP contribution in [0.3, 0.4) is 0 Å². The fourth-order valence-corrected chi connectivity index (χ4v) is 1.80. The first-order valence-electron chi connectivity index (χ1n) is 8.08. The molecule has 0 aliphatic rings. The Morgan fingerprint density at radius 3 is 1.14 bits per heavy atom. The van der Waals surface area contributed by atoms with Crippen LogP contribution in [0.4, 0.5) is 0 Å². The van der Waals surface area contributed by atoms with Gasteiger partial charge in [0, 0.05) is 26.4 Å². The molecule has 0 aliphatic carbocycles. The van der Waals surface area contributed by atoms with Crippen molar-refractivity contribution in [3.8, 4) is 0 Å². The average Bonchev–Trinajstić information content (AvgIpc) is 2.50. The van der Waals surface area contributed by atoms with E-state index in [2.05, 4.69) is 0 Å². The molecular weight excluding hydrogens is 280 g/mol. The summed E-state index contributed by atoms with van der Waals surface area (Å²) < 4.78 is 22.2. The van der Waals surface area contributed by atoms with Gasteiger partial charge in [-0.3, -0.25) is 0 Å². The highest BCUT2D eigenvalue weighted by Gasteiger charge is 2.09. The van der Waals surface area contributed by atoms with Crippen LogP contribution in [0, 0.1) is 0 Å². The highest BCUT2D eigenvalue weighted by molar-refractivity contribution is 5.20. The van der Waals surface area contributed by atoms with Crippen LogP contribution in [-0.2, 0) is 18.9 Å². The minimum atomic E-state index is -0.274. The third-order valence-electron chi connectivity index (χ3n) is 2.85. The zero-order valence-corrected chi connectivity index (χ0v) is 14.9. The van der Waals surface area contributed by atoms with Crippen molar-refractivity contribution >= 4 is 0 Å². The summed E-state index contributed by atoms with van der Waals surface area (Å²) in [5.74, 6) is 0. The molecule has 0 N–H and O–H groups in total. The van der Waals surface area contributed by atoms with E-state index in [9.17, 15) is 0 Å². The molecule has 0 heterocycles. The topological polar surface area (TPSA) is 36.9 Å². The van der Waals surface area contributed by atoms with Gasteiger partial charge in [-0.05, 0) is 52.7 Å². The second kappa shape index (κ2) is 13.7. The van der Waals surface area contributed by atoms with Crippen molar-refractivity contribution in [2.75, 3.05) is 26.4 Å². The van der Waals surface area contributed by atoms with E-state index in [0.717, 1.165) is 11.1 Å². The zero-order chi connectivity index (χ0) is 16.8. The van der Waals surface area contributed by atoms with Gasteiger partial charge in [0.05, 0.1) is 0 Å². The predicted molar refractivity (Wildman–Crippen MR) is 90.7 cm³/mol. The first kappa shape index (κ1) is 21.1. The van der Waals surface area contributed by atoms with E-state index in [1.807, 2.05) is 65.8 Å². The number of rotatable bonds is 12. The minimum absolute atomic E-state index is 0.274. The predicted octanol–water partition coefficient (Wildman–Crippen LogP) is 4.23. The summed E-state index contributed by atoms with van der Waals surface area (Å²) >= 11 is 0. The monoisotopic (exact) mass is 312 g/mol. The van der Waals surface area contributed by atoms with Crippen molar-refractivity contribution in [2.24, 2.45) is 0 Å². The Morgan fingerprint density at radius 2 is 0.909 bits per heavy atom. The summed E-state index contributed by atoms with van der Waals surface area (Å²) in [7, 11) is 0. The van der Waals surface area contributed by atoms with Gasteiger partial charge < -0.3 is 18.9 Å². The van der Waals surface area contributed by atoms with Crippen LogP contribution in [0.15, 0.2) is 35.5 Å². The van der Waals surface area contributed by atoms with E-state index >= 15 is 0 Å². The molecule has 0 aromatic carbocycles. The molecule has 0 saturated heterocycles. The normalized spacial score (nSPS) is 13.8. The van der Waals surface area contributed by atoms with Gasteiger partial charge in [0.1, 0.15) is 0 Å². The van der Waals surface area contributed by atoms with E-state index in [-0.39, 0.29) is 12.6 Å². The highest BCUT2D eigenvalue weighted by Crippen LogP contribution is 2.10. The van der Waals surface area contributed by atoms with Gasteiger partial charge in [0.2, 0.25) is 0 Å². The van der Waals surface area contributed by atoms with Gasteiger partial charge >= 0.3 is 0 Å². The second-order valence-corrected chi connectivity index (χ2v) is 4.69. The van der Waals surface area contributed by atoms with E-state index < -0.39 is 0 Å². The lowest BCUT2D eigenvalue weighted by Gasteiger charge is -2.17. The fourth-order valence-electron chi connectivity index (χ4n) is 1.80. The van der Waals surface area contributed by atoms with Crippen molar-refractivity contribution in [3.05, 3.63) is 35.5 Å². The molecular formula is C18H32O4. The molecule has 0 rings (SSSR count). The van der Waals surface area contributed by atoms with E-state index in [1.165, 1.54) is 0 Å². The molecule has 0 amide bonds. The first-order chi connectivity index (χ1) is 10.6. The number of hydrogen-bond acceptors (Lipinski definition) is 4. The molecule has 0 radical (unpaired) electrons. The Labute approximate surface area is 135 Å². The molecule has 0 aliphatic heterocycles. The summed E-state index contributed by atoms with van der Waals surface area (Å²) in [6, 6.07) is 0. The van der Waals surface area contributed by atoms with E-state index in [4.69, 9.17) is 18.9 Å². The summed E-state index contributed by atoms with van der Waals surface area (Å²) in [6.07, 6.45) is 7.39. The second-order valence-electron chi connectivity index (χ2n) is 4.69. The van der Waals surface area contributed by atoms with Gasteiger partial charge in [-0.2, -0.15) is 0 Å². The molecule has 22 heavy (non-hydrogen) atoms. The lowest BCUT2D eigenvalue weighted by atomic mass is 10.2. The Kier molecular flexibility index (Phi) is 13.1. The van der Waals surface area contributed by atoms with E-state index in [0.29, 0.717) is 26.4 Å². The molecule has 0 aromatic rings. The van der Waals surface area contributed by atoms with Gasteiger partial charge in [-0.1, -0.05) is 24.3 Å². The average molecular weight is 312 g/mol. The third kappa shape index (κ3) is 9.15. The van der Waals surface area contributed by atoms with Crippen LogP contribution in [0.5, 0.6) is 0 Å². The maximum absolute atomic E-state index is 5.54. The van der Waals surface area contributed by atoms with Gasteiger partial charge in [-0.15, -0.1) is 0 Å². The minimum Gasteiger partial charge on any atom is -0.349 e. The van der Waals surface area contributed by atoms with Crippen molar-refractivity contribution in [3.63, 3.8) is 0 Å². The molecule has 0 unspecified atom stereocenters. The SMILES string of the molecule is CCOC(OCC)/C(C)=C/C=C\C=C(/C)C(OCC)OCC. The largest absolute Gasteiger partial charge is 0.349 e. The van der Waals surface area contributed by atoms with Crippen LogP contribution in [0.2, 0.25) is 0 Å². The van der Waals surface area contributed by atoms with Gasteiger partial charge in [0.15, 0.2) is 12.6 Å². The van der Waals surface area contributed by atoms with Crippen molar-refractivity contribution in [1.29, 1.82) is 0 Å². The lowest BCUT2D eigenvalue weighted by molar-refractivity contribution is -0.111. The molecule has 0 saturated carbocycles. The lowest BCUT2D eigenvalue weighted by Crippen LogP contribution is -2.18. The van der Waals surface area contributed by atoms with Crippen LogP contribution in [0.25, 0.3) is 0 Å². The third-order valence-corrected chi connectivity index (χ3v) is 2.85. The molecule has 4 nitrogen and oxygen atoms in total. The summed E-state index contributed by atoms with van der Waals surface area (Å²) in [4.78, 5) is 0. The molecule has 4 heteroatoms. The van der Waals surface area contributed by atoms with Crippen molar-refractivity contribution in [2.45, 2.75) is 54.1 Å². The van der Waals surface area contributed by atoms with Gasteiger partial charge in [-0.25, -0.2) is 0 Å². The van der Waals surface area contributed by atoms with E-state index in [1.54, 1.807) is 0 Å². The van der Waals surface area contributed by atoms with Crippen LogP contribution in [-0.4, -0.2) is 39.0 Å². The smallest absolute Gasteiger partial charge is 0.179 e. The summed E-state index contributed by atoms with van der Waals surface area (Å²) in [6.45, 7) is 14.4. The van der Waals surface area contributed by atoms with Crippen LogP contribution >= 0.6 is 0 Å². The fraction of sp³-hybridized carbons (Fsp3) is 0.667. The number of hydrogen-bond donors (Lipinski definition) is 0. The molecule has 0 spiro atoms. The summed E-state index contributed by atoms with van der Waals surface area (Å²) in [5.41, 5.74) is 2.08. The Balaban J connectivity index is 4.66. The molecule has 0 bridgehead atoms. The highest BCUT2D eigenvalue weighted by atomic mass is 16.7. The Bertz CT molecular complexity index is 312.